The Balaban J connectivity index is 1.86. The van der Waals surface area contributed by atoms with E-state index in [4.69, 9.17) is 4.52 Å². The van der Waals surface area contributed by atoms with Crippen molar-refractivity contribution in [3.63, 3.8) is 0 Å². The second-order valence-electron chi connectivity index (χ2n) is 4.82. The van der Waals surface area contributed by atoms with Crippen LogP contribution in [0.15, 0.2) is 10.6 Å². The lowest BCUT2D eigenvalue weighted by Crippen LogP contribution is -2.45. The third-order valence-electron chi connectivity index (χ3n) is 3.47. The molecule has 1 aliphatic rings. The van der Waals surface area contributed by atoms with Crippen molar-refractivity contribution < 1.29 is 9.32 Å². The van der Waals surface area contributed by atoms with Crippen molar-refractivity contribution in [2.24, 2.45) is 0 Å². The van der Waals surface area contributed by atoms with Crippen LogP contribution >= 0.6 is 0 Å². The highest BCUT2D eigenvalue weighted by molar-refractivity contribution is 5.81. The van der Waals surface area contributed by atoms with Crippen LogP contribution in [0.25, 0.3) is 0 Å². The molecule has 1 atom stereocenters. The second kappa shape index (κ2) is 5.89. The number of nitrogens with one attached hydrogen (secondary N) is 1. The summed E-state index contributed by atoms with van der Waals surface area (Å²) < 4.78 is 4.95. The lowest BCUT2D eigenvalue weighted by molar-refractivity contribution is -0.133. The number of carbonyl (C=O) groups excluding carboxylic acids is 1. The first-order chi connectivity index (χ1) is 8.70. The number of rotatable bonds is 4. The van der Waals surface area contributed by atoms with Gasteiger partial charge in [0, 0.05) is 18.7 Å². The number of anilines is 1. The largest absolute Gasteiger partial charge is 0.360 e. The molecule has 1 aromatic rings. The molecule has 1 N–H and O–H groups in total. The zero-order valence-corrected chi connectivity index (χ0v) is 11.1. The number of aromatic nitrogens is 1. The molecule has 18 heavy (non-hydrogen) atoms. The molecular formula is C13H21N3O2. The number of nitrogens with zero attached hydrogens (tertiary/aromatic N) is 2. The van der Waals surface area contributed by atoms with E-state index in [1.807, 2.05) is 11.8 Å². The molecule has 1 fully saturated rings. The molecule has 2 heterocycles. The van der Waals surface area contributed by atoms with Gasteiger partial charge in [0.05, 0.1) is 6.54 Å². The van der Waals surface area contributed by atoms with Crippen LogP contribution in [0.4, 0.5) is 5.82 Å². The van der Waals surface area contributed by atoms with Gasteiger partial charge < -0.3 is 14.7 Å². The van der Waals surface area contributed by atoms with Crippen molar-refractivity contribution >= 4 is 11.7 Å². The van der Waals surface area contributed by atoms with E-state index in [-0.39, 0.29) is 5.91 Å². The van der Waals surface area contributed by atoms with Gasteiger partial charge in [0.15, 0.2) is 5.82 Å². The highest BCUT2D eigenvalue weighted by atomic mass is 16.5. The Morgan fingerprint density at radius 2 is 2.44 bits per heavy atom. The molecule has 1 aromatic heterocycles. The van der Waals surface area contributed by atoms with Crippen molar-refractivity contribution in [2.45, 2.75) is 45.6 Å². The van der Waals surface area contributed by atoms with Crippen LogP contribution in [0.3, 0.4) is 0 Å². The summed E-state index contributed by atoms with van der Waals surface area (Å²) in [6, 6.07) is 2.20. The summed E-state index contributed by atoms with van der Waals surface area (Å²) in [5.41, 5.74) is 0. The first-order valence-corrected chi connectivity index (χ1v) is 6.67. The molecule has 0 radical (unpaired) electrons. The zero-order chi connectivity index (χ0) is 13.0. The van der Waals surface area contributed by atoms with Crippen LogP contribution in [0.5, 0.6) is 0 Å². The molecule has 1 aliphatic heterocycles. The maximum absolute atomic E-state index is 12.2. The number of hydrogen-bond donors (Lipinski definition) is 1. The number of likely N-dealkylation sites (tertiary alicyclic amines) is 1. The number of aryl methyl sites for hydroxylation is 1. The number of piperidine rings is 1. The van der Waals surface area contributed by atoms with Crippen LogP contribution < -0.4 is 5.32 Å². The molecule has 5 heteroatoms. The van der Waals surface area contributed by atoms with Gasteiger partial charge >= 0.3 is 0 Å². The zero-order valence-electron chi connectivity index (χ0n) is 11.1. The van der Waals surface area contributed by atoms with Crippen molar-refractivity contribution in [1.82, 2.24) is 10.1 Å². The van der Waals surface area contributed by atoms with E-state index in [0.29, 0.717) is 18.4 Å². The van der Waals surface area contributed by atoms with Crippen LogP contribution in [-0.4, -0.2) is 35.1 Å². The number of hydrogen-bond acceptors (Lipinski definition) is 4. The van der Waals surface area contributed by atoms with E-state index < -0.39 is 0 Å². The van der Waals surface area contributed by atoms with E-state index in [2.05, 4.69) is 17.4 Å². The fourth-order valence-corrected chi connectivity index (χ4v) is 2.47. The summed E-state index contributed by atoms with van der Waals surface area (Å²) in [4.78, 5) is 14.2. The molecule has 5 nitrogen and oxygen atoms in total. The minimum Gasteiger partial charge on any atom is -0.360 e. The van der Waals surface area contributed by atoms with Crippen molar-refractivity contribution in [3.05, 3.63) is 11.8 Å². The fourth-order valence-electron chi connectivity index (χ4n) is 2.47. The third-order valence-corrected chi connectivity index (χ3v) is 3.47. The highest BCUT2D eigenvalue weighted by Gasteiger charge is 2.24. The molecule has 1 unspecified atom stereocenters. The van der Waals surface area contributed by atoms with Gasteiger partial charge in [0.25, 0.3) is 0 Å². The average molecular weight is 251 g/mol. The minimum atomic E-state index is 0.155. The second-order valence-corrected chi connectivity index (χ2v) is 4.82. The molecule has 1 saturated heterocycles. The Morgan fingerprint density at radius 3 is 3.11 bits per heavy atom. The first-order valence-electron chi connectivity index (χ1n) is 6.67. The minimum absolute atomic E-state index is 0.155. The molecule has 0 bridgehead atoms. The number of carbonyl (C=O) groups is 1. The van der Waals surface area contributed by atoms with Gasteiger partial charge in [-0.2, -0.15) is 0 Å². The van der Waals surface area contributed by atoms with Gasteiger partial charge in [0.2, 0.25) is 5.91 Å². The Hall–Kier alpha value is -1.52. The van der Waals surface area contributed by atoms with Gasteiger partial charge in [0.1, 0.15) is 5.76 Å². The van der Waals surface area contributed by atoms with Crippen LogP contribution in [0.1, 0.15) is 38.4 Å². The number of amides is 1. The SMILES string of the molecule is CCC1CCCCN1C(=O)CNc1cc(C)on1. The summed E-state index contributed by atoms with van der Waals surface area (Å²) in [7, 11) is 0. The van der Waals surface area contributed by atoms with Gasteiger partial charge in [-0.05, 0) is 32.6 Å². The quantitative estimate of drug-likeness (QED) is 0.891. The van der Waals surface area contributed by atoms with Gasteiger partial charge in [-0.3, -0.25) is 4.79 Å². The van der Waals surface area contributed by atoms with Crippen LogP contribution in [-0.2, 0) is 4.79 Å². The van der Waals surface area contributed by atoms with E-state index in [9.17, 15) is 4.79 Å². The Kier molecular flexibility index (Phi) is 4.23. The Morgan fingerprint density at radius 1 is 1.61 bits per heavy atom. The van der Waals surface area contributed by atoms with Gasteiger partial charge in [-0.1, -0.05) is 12.1 Å². The molecule has 0 aromatic carbocycles. The van der Waals surface area contributed by atoms with Crippen molar-refractivity contribution in [1.29, 1.82) is 0 Å². The van der Waals surface area contributed by atoms with E-state index in [1.54, 1.807) is 6.07 Å². The molecule has 0 spiro atoms. The molecular weight excluding hydrogens is 230 g/mol. The standard InChI is InChI=1S/C13H21N3O2/c1-3-11-6-4-5-7-16(11)13(17)9-14-12-8-10(2)18-15-12/h8,11H,3-7,9H2,1-2H3,(H,14,15). The summed E-state index contributed by atoms with van der Waals surface area (Å²) in [6.45, 7) is 5.15. The van der Waals surface area contributed by atoms with Gasteiger partial charge in [-0.15, -0.1) is 0 Å². The molecule has 100 valence electrons. The van der Waals surface area contributed by atoms with Crippen LogP contribution in [0.2, 0.25) is 0 Å². The normalized spacial score (nSPS) is 19.9. The van der Waals surface area contributed by atoms with Crippen molar-refractivity contribution in [2.75, 3.05) is 18.4 Å². The maximum Gasteiger partial charge on any atom is 0.242 e. The first kappa shape index (κ1) is 12.9. The topological polar surface area (TPSA) is 58.4 Å². The molecule has 2 rings (SSSR count). The smallest absolute Gasteiger partial charge is 0.242 e. The Labute approximate surface area is 108 Å². The monoisotopic (exact) mass is 251 g/mol. The molecule has 1 amide bonds. The maximum atomic E-state index is 12.2. The lowest BCUT2D eigenvalue weighted by Gasteiger charge is -2.35. The lowest BCUT2D eigenvalue weighted by atomic mass is 10.00. The summed E-state index contributed by atoms with van der Waals surface area (Å²) in [5, 5.41) is 6.83. The summed E-state index contributed by atoms with van der Waals surface area (Å²) >= 11 is 0. The summed E-state index contributed by atoms with van der Waals surface area (Å²) in [6.07, 6.45) is 4.52. The fraction of sp³-hybridized carbons (Fsp3) is 0.692. The van der Waals surface area contributed by atoms with E-state index in [0.717, 1.165) is 31.6 Å². The van der Waals surface area contributed by atoms with Crippen molar-refractivity contribution in [3.8, 4) is 0 Å². The summed E-state index contributed by atoms with van der Waals surface area (Å²) in [5.74, 6) is 1.53. The molecule has 0 saturated carbocycles. The molecule has 0 aliphatic carbocycles. The Bertz CT molecular complexity index is 403. The van der Waals surface area contributed by atoms with Gasteiger partial charge in [-0.25, -0.2) is 0 Å². The van der Waals surface area contributed by atoms with Crippen LogP contribution in [0, 0.1) is 6.92 Å². The highest BCUT2D eigenvalue weighted by Crippen LogP contribution is 2.19. The predicted octanol–water partition coefficient (Wildman–Crippen LogP) is 2.19. The predicted molar refractivity (Wildman–Crippen MR) is 69.4 cm³/mol. The van der Waals surface area contributed by atoms with E-state index in [1.165, 1.54) is 6.42 Å². The average Bonchev–Trinajstić information content (AvgIpc) is 2.81. The van der Waals surface area contributed by atoms with E-state index >= 15 is 0 Å². The third kappa shape index (κ3) is 3.03.